The van der Waals surface area contributed by atoms with E-state index >= 15 is 0 Å². The fraction of sp³-hybridized carbons (Fsp3) is 0.586. The second kappa shape index (κ2) is 16.9. The van der Waals surface area contributed by atoms with E-state index in [9.17, 15) is 9.18 Å². The Labute approximate surface area is 212 Å². The van der Waals surface area contributed by atoms with Crippen LogP contribution in [0.4, 0.5) is 4.39 Å². The van der Waals surface area contributed by atoms with Gasteiger partial charge in [0.15, 0.2) is 12.0 Å². The Morgan fingerprint density at radius 3 is 2.31 bits per heavy atom. The van der Waals surface area contributed by atoms with Crippen LogP contribution in [0.3, 0.4) is 0 Å². The second-order valence-electron chi connectivity index (χ2n) is 8.81. The van der Waals surface area contributed by atoms with Gasteiger partial charge in [-0.05, 0) is 37.7 Å². The van der Waals surface area contributed by atoms with Crippen LogP contribution in [-0.4, -0.2) is 26.3 Å². The van der Waals surface area contributed by atoms with Gasteiger partial charge in [-0.2, -0.15) is 0 Å². The molecule has 3 unspecified atom stereocenters. The lowest BCUT2D eigenvalue weighted by Crippen LogP contribution is -2.09. The van der Waals surface area contributed by atoms with Crippen LogP contribution in [0.1, 0.15) is 128 Å². The van der Waals surface area contributed by atoms with Crippen LogP contribution in [0, 0.1) is 5.92 Å². The Morgan fingerprint density at radius 1 is 1.14 bits per heavy atom. The average molecular weight is 485 g/mol. The van der Waals surface area contributed by atoms with Crippen molar-refractivity contribution in [3.05, 3.63) is 59.8 Å². The van der Waals surface area contributed by atoms with E-state index in [1.54, 1.807) is 4.68 Å². The molecule has 3 atom stereocenters. The number of nitrogens with zero attached hydrogens (tertiary/aromatic N) is 4. The summed E-state index contributed by atoms with van der Waals surface area (Å²) in [4.78, 5) is 20.3. The summed E-state index contributed by atoms with van der Waals surface area (Å²) in [5, 5.41) is 4.23. The van der Waals surface area contributed by atoms with Gasteiger partial charge in [0.05, 0.1) is 6.04 Å². The van der Waals surface area contributed by atoms with Crippen molar-refractivity contribution in [1.29, 1.82) is 0 Å². The van der Waals surface area contributed by atoms with Crippen LogP contribution < -0.4 is 0 Å². The molecule has 194 valence electrons. The summed E-state index contributed by atoms with van der Waals surface area (Å²) in [7, 11) is 0. The Morgan fingerprint density at radius 2 is 1.80 bits per heavy atom. The predicted molar refractivity (Wildman–Crippen MR) is 145 cm³/mol. The van der Waals surface area contributed by atoms with Crippen LogP contribution in [0.15, 0.2) is 47.6 Å². The minimum absolute atomic E-state index is 0.117. The van der Waals surface area contributed by atoms with Crippen molar-refractivity contribution in [2.75, 3.05) is 0 Å². The maximum Gasteiger partial charge on any atom is 0.217 e. The number of carbonyl (C=O) groups excluding carboxylic acids is 1. The van der Waals surface area contributed by atoms with Gasteiger partial charge in [0.2, 0.25) is 11.6 Å². The number of unbranched alkanes of at least 4 members (excludes halogenated alkanes) is 1. The smallest absolute Gasteiger partial charge is 0.217 e. The number of hydrogen-bond acceptors (Lipinski definition) is 4. The molecule has 6 heteroatoms. The van der Waals surface area contributed by atoms with Crippen molar-refractivity contribution in [1.82, 2.24) is 14.8 Å². The number of rotatable bonds is 9. The number of carbonyl (C=O) groups is 1. The van der Waals surface area contributed by atoms with Gasteiger partial charge < -0.3 is 0 Å². The lowest BCUT2D eigenvalue weighted by Gasteiger charge is -2.11. The van der Waals surface area contributed by atoms with Crippen molar-refractivity contribution in [2.24, 2.45) is 10.9 Å². The second-order valence-corrected chi connectivity index (χ2v) is 8.81. The summed E-state index contributed by atoms with van der Waals surface area (Å²) in [6.07, 6.45) is 9.06. The third-order valence-electron chi connectivity index (χ3n) is 6.01. The SMILES string of the molecule is C/C=C\N=C(CC)C(C)CC.CCCC.CCCC(=O)c1nc2n(n1)C(c1ccccc1)CC2F. The molecule has 0 saturated carbocycles. The fourth-order valence-corrected chi connectivity index (χ4v) is 3.56. The van der Waals surface area contributed by atoms with E-state index in [4.69, 9.17) is 0 Å². The molecule has 1 aromatic carbocycles. The maximum atomic E-state index is 14.1. The molecule has 0 radical (unpaired) electrons. The number of fused-ring (bicyclic) bond motifs is 1. The van der Waals surface area contributed by atoms with E-state index in [-0.39, 0.29) is 23.5 Å². The highest BCUT2D eigenvalue weighted by molar-refractivity contribution is 5.92. The summed E-state index contributed by atoms with van der Waals surface area (Å²) in [6, 6.07) is 9.48. The van der Waals surface area contributed by atoms with Gasteiger partial charge in [-0.15, -0.1) is 5.10 Å². The van der Waals surface area contributed by atoms with Crippen LogP contribution >= 0.6 is 0 Å². The van der Waals surface area contributed by atoms with Crippen LogP contribution in [0.2, 0.25) is 0 Å². The largest absolute Gasteiger partial charge is 0.291 e. The molecule has 1 aliphatic rings. The molecule has 2 aromatic rings. The van der Waals surface area contributed by atoms with Gasteiger partial charge in [0.25, 0.3) is 0 Å². The van der Waals surface area contributed by atoms with Gasteiger partial charge in [-0.3, -0.25) is 9.79 Å². The minimum Gasteiger partial charge on any atom is -0.291 e. The number of ketones is 1. The lowest BCUT2D eigenvalue weighted by molar-refractivity contribution is 0.0971. The topological polar surface area (TPSA) is 60.1 Å². The molecule has 0 bridgehead atoms. The number of Topliss-reactive ketones (excluding diaryl/α,β-unsaturated/α-hetero) is 1. The molecule has 0 amide bonds. The van der Waals surface area contributed by atoms with Crippen LogP contribution in [0.25, 0.3) is 0 Å². The molecule has 1 aromatic heterocycles. The van der Waals surface area contributed by atoms with E-state index in [0.717, 1.165) is 18.4 Å². The third-order valence-corrected chi connectivity index (χ3v) is 6.01. The molecular weight excluding hydrogens is 439 g/mol. The van der Waals surface area contributed by atoms with E-state index in [2.05, 4.69) is 49.7 Å². The number of aromatic nitrogens is 3. The fourth-order valence-electron chi connectivity index (χ4n) is 3.56. The summed E-state index contributed by atoms with van der Waals surface area (Å²) < 4.78 is 15.7. The molecule has 0 fully saturated rings. The van der Waals surface area contributed by atoms with E-state index in [1.807, 2.05) is 56.5 Å². The van der Waals surface area contributed by atoms with Crippen LogP contribution in [0.5, 0.6) is 0 Å². The Hall–Kier alpha value is -2.63. The Bertz CT molecular complexity index is 918. The third kappa shape index (κ3) is 9.50. The zero-order valence-corrected chi connectivity index (χ0v) is 22.8. The number of halogens is 1. The molecule has 0 saturated heterocycles. The first-order valence-electron chi connectivity index (χ1n) is 13.2. The quantitative estimate of drug-likeness (QED) is 0.265. The molecule has 0 spiro atoms. The summed E-state index contributed by atoms with van der Waals surface area (Å²) in [5.41, 5.74) is 2.30. The summed E-state index contributed by atoms with van der Waals surface area (Å²) in [6.45, 7) is 14.9. The first-order chi connectivity index (χ1) is 16.9. The zero-order valence-electron chi connectivity index (χ0n) is 22.8. The molecule has 2 heterocycles. The maximum absolute atomic E-state index is 14.1. The van der Waals surface area contributed by atoms with Crippen molar-refractivity contribution < 1.29 is 9.18 Å². The van der Waals surface area contributed by atoms with Crippen LogP contribution in [-0.2, 0) is 0 Å². The number of alkyl halides is 1. The van der Waals surface area contributed by atoms with Gasteiger partial charge in [-0.1, -0.05) is 90.8 Å². The molecular formula is C29H45FN4O. The Balaban J connectivity index is 0.000000347. The van der Waals surface area contributed by atoms with Gasteiger partial charge >= 0.3 is 0 Å². The van der Waals surface area contributed by atoms with Crippen molar-refractivity contribution in [3.63, 3.8) is 0 Å². The zero-order chi connectivity index (χ0) is 26.2. The molecule has 0 N–H and O–H groups in total. The van der Waals surface area contributed by atoms with Crippen molar-refractivity contribution in [3.8, 4) is 0 Å². The molecule has 3 rings (SSSR count). The number of aliphatic imine (C=N–C) groups is 1. The first kappa shape index (κ1) is 30.4. The molecule has 35 heavy (non-hydrogen) atoms. The van der Waals surface area contributed by atoms with Gasteiger partial charge in [0, 0.05) is 24.8 Å². The average Bonchev–Trinajstić information content (AvgIpc) is 3.46. The van der Waals surface area contributed by atoms with Crippen molar-refractivity contribution in [2.45, 2.75) is 106 Å². The number of allylic oxidation sites excluding steroid dienone is 1. The highest BCUT2D eigenvalue weighted by Crippen LogP contribution is 2.39. The number of hydrogen-bond donors (Lipinski definition) is 0. The van der Waals surface area contributed by atoms with E-state index in [1.165, 1.54) is 25.0 Å². The number of benzene rings is 1. The first-order valence-corrected chi connectivity index (χ1v) is 13.2. The lowest BCUT2D eigenvalue weighted by atomic mass is 10.0. The standard InChI is InChI=1S/C15H16FN3O.C10H19N.C4H10/c1-2-6-13(20)14-17-15-11(16)9-12(19(15)18-14)10-7-4-3-5-8-10;1-5-8-11-10(7-3)9(4)6-2;1-3-4-2/h3-5,7-8,11-12H,2,6,9H2,1H3;5,8-9H,6-7H2,1-4H3;3-4H2,1-2H3/b;8-5-,11-10?;. The highest BCUT2D eigenvalue weighted by atomic mass is 19.1. The molecule has 0 aliphatic carbocycles. The molecule has 1 aliphatic heterocycles. The van der Waals surface area contributed by atoms with Gasteiger partial charge in [-0.25, -0.2) is 14.1 Å². The normalized spacial score (nSPS) is 17.8. The monoisotopic (exact) mass is 484 g/mol. The predicted octanol–water partition coefficient (Wildman–Crippen LogP) is 8.49. The van der Waals surface area contributed by atoms with E-state index < -0.39 is 6.17 Å². The van der Waals surface area contributed by atoms with Gasteiger partial charge in [0.1, 0.15) is 0 Å². The highest BCUT2D eigenvalue weighted by Gasteiger charge is 2.36. The Kier molecular flexibility index (Phi) is 14.7. The summed E-state index contributed by atoms with van der Waals surface area (Å²) >= 11 is 0. The molecule has 5 nitrogen and oxygen atoms in total. The summed E-state index contributed by atoms with van der Waals surface area (Å²) in [5.74, 6) is 0.938. The minimum atomic E-state index is -1.16. The van der Waals surface area contributed by atoms with Crippen molar-refractivity contribution >= 4 is 11.5 Å². The van der Waals surface area contributed by atoms with E-state index in [0.29, 0.717) is 18.8 Å².